The Morgan fingerprint density at radius 2 is 1.61 bits per heavy atom. The number of β-lactam (4-membered cyclic amide) rings is 1. The molecule has 1 heterocycles. The number of nitrogens with two attached hydrogens (primary N) is 1. The van der Waals surface area contributed by atoms with Crippen LogP contribution >= 0.6 is 0 Å². The molecule has 2 atom stereocenters. The van der Waals surface area contributed by atoms with Crippen molar-refractivity contribution < 1.29 is 23.8 Å². The van der Waals surface area contributed by atoms with E-state index < -0.39 is 6.10 Å². The van der Waals surface area contributed by atoms with Crippen LogP contribution in [0.4, 0.5) is 20.2 Å². The minimum absolute atomic E-state index is 0.0201. The van der Waals surface area contributed by atoms with Crippen LogP contribution in [0.25, 0.3) is 0 Å². The van der Waals surface area contributed by atoms with E-state index in [2.05, 4.69) is 0 Å². The molecular formula is C24H24F2N2O3. The zero-order valence-electron chi connectivity index (χ0n) is 17.0. The van der Waals surface area contributed by atoms with Gasteiger partial charge in [0, 0.05) is 5.69 Å². The van der Waals surface area contributed by atoms with Gasteiger partial charge in [0.15, 0.2) is 0 Å². The number of amides is 1. The Morgan fingerprint density at radius 1 is 1.03 bits per heavy atom. The van der Waals surface area contributed by atoms with E-state index in [0.717, 1.165) is 11.1 Å². The van der Waals surface area contributed by atoms with E-state index in [9.17, 15) is 23.8 Å². The van der Waals surface area contributed by atoms with Crippen molar-refractivity contribution in [2.45, 2.75) is 31.9 Å². The van der Waals surface area contributed by atoms with Crippen molar-refractivity contribution in [1.82, 2.24) is 0 Å². The van der Waals surface area contributed by atoms with E-state index in [1.165, 1.54) is 30.3 Å². The lowest BCUT2D eigenvalue weighted by atomic mass is 9.92. The van der Waals surface area contributed by atoms with Crippen LogP contribution in [-0.4, -0.2) is 16.1 Å². The number of nitrogens with zero attached hydrogens (tertiary/aromatic N) is 1. The Hall–Kier alpha value is -3.45. The highest BCUT2D eigenvalue weighted by Crippen LogP contribution is 2.40. The van der Waals surface area contributed by atoms with Crippen LogP contribution in [0.5, 0.6) is 5.75 Å². The fourth-order valence-corrected chi connectivity index (χ4v) is 3.31. The lowest BCUT2D eigenvalue weighted by Crippen LogP contribution is -2.46. The maximum atomic E-state index is 12.9. The molecule has 1 saturated heterocycles. The van der Waals surface area contributed by atoms with Crippen LogP contribution in [0.15, 0.2) is 66.7 Å². The second-order valence-corrected chi connectivity index (χ2v) is 7.25. The molecule has 0 radical (unpaired) electrons. The summed E-state index contributed by atoms with van der Waals surface area (Å²) in [5.74, 6) is -0.606. The minimum atomic E-state index is -0.462. The van der Waals surface area contributed by atoms with Gasteiger partial charge in [0.2, 0.25) is 5.91 Å². The number of aromatic hydroxyl groups is 1. The van der Waals surface area contributed by atoms with Gasteiger partial charge in [0.05, 0.1) is 24.3 Å². The number of aliphatic hydroxyl groups excluding tert-OH is 1. The number of benzene rings is 3. The summed E-state index contributed by atoms with van der Waals surface area (Å²) in [4.78, 5) is 13.4. The minimum Gasteiger partial charge on any atom is -0.506 e. The topological polar surface area (TPSA) is 86.8 Å². The summed E-state index contributed by atoms with van der Waals surface area (Å²) in [6.07, 6.45) is 0.573. The smallest absolute Gasteiger partial charge is 0.230 e. The quantitative estimate of drug-likeness (QED) is 0.316. The maximum Gasteiger partial charge on any atom is 0.230 e. The summed E-state index contributed by atoms with van der Waals surface area (Å²) in [5.41, 5.74) is 8.23. The average Bonchev–Trinajstić information content (AvgIpc) is 2.76. The molecular weight excluding hydrogens is 402 g/mol. The number of carbonyl (C=O) groups excluding carboxylic acids is 1. The van der Waals surface area contributed by atoms with E-state index >= 15 is 0 Å². The van der Waals surface area contributed by atoms with Crippen LogP contribution < -0.4 is 10.6 Å². The first-order valence-electron chi connectivity index (χ1n) is 9.89. The molecule has 1 amide bonds. The molecule has 0 aromatic heterocycles. The summed E-state index contributed by atoms with van der Waals surface area (Å²) < 4.78 is 25.3. The third kappa shape index (κ3) is 5.19. The van der Waals surface area contributed by atoms with E-state index in [1.807, 2.05) is 6.92 Å². The molecule has 1 aliphatic heterocycles. The van der Waals surface area contributed by atoms with Crippen LogP contribution in [0.3, 0.4) is 0 Å². The molecule has 4 rings (SSSR count). The second-order valence-electron chi connectivity index (χ2n) is 7.25. The first-order valence-corrected chi connectivity index (χ1v) is 9.89. The number of phenolic OH excluding ortho intramolecular Hbond substituents is 1. The molecule has 5 nitrogen and oxygen atoms in total. The molecule has 3 aromatic rings. The molecule has 0 saturated carbocycles. The molecule has 1 fully saturated rings. The predicted octanol–water partition coefficient (Wildman–Crippen LogP) is 4.86. The molecule has 0 spiro atoms. The summed E-state index contributed by atoms with van der Waals surface area (Å²) >= 11 is 0. The third-order valence-electron chi connectivity index (χ3n) is 5.13. The lowest BCUT2D eigenvalue weighted by molar-refractivity contribution is -0.124. The van der Waals surface area contributed by atoms with Crippen molar-refractivity contribution >= 4 is 17.3 Å². The predicted molar refractivity (Wildman–Crippen MR) is 115 cm³/mol. The molecule has 1 aliphatic rings. The number of hydrogen-bond acceptors (Lipinski definition) is 4. The Morgan fingerprint density at radius 3 is 2.13 bits per heavy atom. The monoisotopic (exact) mass is 426 g/mol. The Balaban J connectivity index is 0.000000210. The number of halogens is 2. The number of nitrogen functional groups attached to an aromatic ring is 1. The average molecular weight is 426 g/mol. The molecule has 0 aliphatic carbocycles. The first-order chi connectivity index (χ1) is 14.8. The molecule has 7 heteroatoms. The van der Waals surface area contributed by atoms with Crippen LogP contribution in [0.2, 0.25) is 0 Å². The van der Waals surface area contributed by atoms with E-state index in [4.69, 9.17) is 5.73 Å². The van der Waals surface area contributed by atoms with Crippen molar-refractivity contribution in [3.05, 3.63) is 89.5 Å². The second kappa shape index (κ2) is 9.57. The van der Waals surface area contributed by atoms with Gasteiger partial charge in [-0.3, -0.25) is 4.79 Å². The van der Waals surface area contributed by atoms with Gasteiger partial charge in [0.1, 0.15) is 17.4 Å². The normalized spacial score (nSPS) is 16.2. The van der Waals surface area contributed by atoms with E-state index in [1.54, 1.807) is 41.3 Å². The van der Waals surface area contributed by atoms with Crippen molar-refractivity contribution in [2.75, 3.05) is 10.6 Å². The van der Waals surface area contributed by atoms with Crippen LogP contribution in [0.1, 0.15) is 43.0 Å². The Labute approximate surface area is 179 Å². The molecule has 2 unspecified atom stereocenters. The molecule has 4 N–H and O–H groups in total. The van der Waals surface area contributed by atoms with Gasteiger partial charge >= 0.3 is 0 Å². The Kier molecular flexibility index (Phi) is 6.87. The number of rotatable bonds is 4. The summed E-state index contributed by atoms with van der Waals surface area (Å²) in [6, 6.07) is 16.5. The first kappa shape index (κ1) is 22.2. The molecule has 3 aromatic carbocycles. The number of phenols is 1. The van der Waals surface area contributed by atoms with E-state index in [0.29, 0.717) is 18.5 Å². The lowest BCUT2D eigenvalue weighted by Gasteiger charge is -2.40. The fraction of sp³-hybridized carbons (Fsp3) is 0.208. The fourth-order valence-electron chi connectivity index (χ4n) is 3.31. The largest absolute Gasteiger partial charge is 0.506 e. The number of anilines is 2. The highest BCUT2D eigenvalue weighted by atomic mass is 19.1. The van der Waals surface area contributed by atoms with Crippen LogP contribution in [0, 0.1) is 11.6 Å². The van der Waals surface area contributed by atoms with Gasteiger partial charge < -0.3 is 20.8 Å². The van der Waals surface area contributed by atoms with Gasteiger partial charge in [-0.1, -0.05) is 25.1 Å². The van der Waals surface area contributed by atoms with Crippen molar-refractivity contribution in [2.24, 2.45) is 0 Å². The van der Waals surface area contributed by atoms with E-state index in [-0.39, 0.29) is 35.0 Å². The molecule has 31 heavy (non-hydrogen) atoms. The van der Waals surface area contributed by atoms with Crippen LogP contribution in [-0.2, 0) is 4.79 Å². The van der Waals surface area contributed by atoms with Crippen molar-refractivity contribution in [3.8, 4) is 5.75 Å². The van der Waals surface area contributed by atoms with Gasteiger partial charge in [-0.25, -0.2) is 8.78 Å². The highest BCUT2D eigenvalue weighted by molar-refractivity contribution is 6.01. The van der Waals surface area contributed by atoms with Gasteiger partial charge in [-0.05, 0) is 66.1 Å². The summed E-state index contributed by atoms with van der Waals surface area (Å²) in [7, 11) is 0. The number of carbonyl (C=O) groups is 1. The van der Waals surface area contributed by atoms with Crippen molar-refractivity contribution in [1.29, 1.82) is 0 Å². The maximum absolute atomic E-state index is 12.9. The standard InChI is InChI=1S/C15H13FN2O2.C9H11FO/c16-10-2-4-11(5-3-10)18-13(8-15(18)20)9-1-6-14(19)12(17)7-9;1-2-9(11)7-3-5-8(10)6-4-7/h1-7,13,19H,8,17H2;3-6,9,11H,2H2,1H3. The third-order valence-corrected chi connectivity index (χ3v) is 5.13. The zero-order chi connectivity index (χ0) is 22.5. The zero-order valence-corrected chi connectivity index (χ0v) is 17.0. The van der Waals surface area contributed by atoms with Crippen molar-refractivity contribution in [3.63, 3.8) is 0 Å². The SMILES string of the molecule is CCC(O)c1ccc(F)cc1.Nc1cc(C2CC(=O)N2c2ccc(F)cc2)ccc1O. The Bertz CT molecular complexity index is 1040. The number of hydrogen-bond donors (Lipinski definition) is 3. The van der Waals surface area contributed by atoms with Gasteiger partial charge in [0.25, 0.3) is 0 Å². The van der Waals surface area contributed by atoms with Gasteiger partial charge in [-0.2, -0.15) is 0 Å². The summed E-state index contributed by atoms with van der Waals surface area (Å²) in [5, 5.41) is 18.7. The number of aliphatic hydroxyl groups is 1. The molecule has 0 bridgehead atoms. The highest BCUT2D eigenvalue weighted by Gasteiger charge is 2.38. The molecule has 162 valence electrons. The summed E-state index contributed by atoms with van der Waals surface area (Å²) in [6.45, 7) is 1.88. The van der Waals surface area contributed by atoms with Gasteiger partial charge in [-0.15, -0.1) is 0 Å².